The lowest BCUT2D eigenvalue weighted by Crippen LogP contribution is -1.73. The third-order valence-corrected chi connectivity index (χ3v) is 2.14. The third-order valence-electron chi connectivity index (χ3n) is 1.49. The van der Waals surface area contributed by atoms with Gasteiger partial charge in [-0.15, -0.1) is 0 Å². The van der Waals surface area contributed by atoms with E-state index in [4.69, 9.17) is 4.42 Å². The lowest BCUT2D eigenvalue weighted by molar-refractivity contribution is 0.598. The van der Waals surface area contributed by atoms with Crippen LogP contribution in [0.4, 0.5) is 4.39 Å². The molecule has 2 aromatic rings. The lowest BCUT2D eigenvalue weighted by Gasteiger charge is -1.92. The summed E-state index contributed by atoms with van der Waals surface area (Å²) < 4.78 is 18.4. The third kappa shape index (κ3) is 1.05. The molecule has 11 heavy (non-hydrogen) atoms. The molecule has 2 rings (SSSR count). The molecule has 1 aromatic heterocycles. The van der Waals surface area contributed by atoms with Crippen LogP contribution in [-0.2, 0) is 0 Å². The van der Waals surface area contributed by atoms with E-state index in [2.05, 4.69) is 15.9 Å². The van der Waals surface area contributed by atoms with Gasteiger partial charge in [0.15, 0.2) is 0 Å². The Balaban J connectivity index is 2.91. The van der Waals surface area contributed by atoms with Gasteiger partial charge in [0.2, 0.25) is 0 Å². The van der Waals surface area contributed by atoms with Crippen LogP contribution in [0.15, 0.2) is 33.4 Å². The van der Waals surface area contributed by atoms with Crippen LogP contribution in [0, 0.1) is 5.82 Å². The van der Waals surface area contributed by atoms with E-state index in [0.717, 1.165) is 9.86 Å². The van der Waals surface area contributed by atoms with Crippen LogP contribution in [0.5, 0.6) is 0 Å². The van der Waals surface area contributed by atoms with Gasteiger partial charge in [-0.2, -0.15) is 0 Å². The molecule has 0 bridgehead atoms. The summed E-state index contributed by atoms with van der Waals surface area (Å²) in [7, 11) is 0. The van der Waals surface area contributed by atoms with Crippen LogP contribution in [0.3, 0.4) is 0 Å². The van der Waals surface area contributed by atoms with Crippen molar-refractivity contribution in [1.82, 2.24) is 0 Å². The first-order chi connectivity index (χ1) is 5.27. The zero-order chi connectivity index (χ0) is 7.84. The van der Waals surface area contributed by atoms with Gasteiger partial charge in [0.05, 0.1) is 6.26 Å². The minimum atomic E-state index is -0.292. The highest BCUT2D eigenvalue weighted by Crippen LogP contribution is 2.25. The molecular formula is C8H4BrFO. The van der Waals surface area contributed by atoms with Gasteiger partial charge in [0, 0.05) is 15.9 Å². The summed E-state index contributed by atoms with van der Waals surface area (Å²) in [5, 5.41) is 0.895. The lowest BCUT2D eigenvalue weighted by atomic mass is 10.2. The highest BCUT2D eigenvalue weighted by Gasteiger charge is 2.02. The van der Waals surface area contributed by atoms with Gasteiger partial charge in [0.25, 0.3) is 0 Å². The summed E-state index contributed by atoms with van der Waals surface area (Å²) in [6.07, 6.45) is 1.54. The van der Waals surface area contributed by atoms with Gasteiger partial charge in [-0.25, -0.2) is 4.39 Å². The zero-order valence-corrected chi connectivity index (χ0v) is 7.06. The maximum absolute atomic E-state index is 12.7. The number of rotatable bonds is 0. The van der Waals surface area contributed by atoms with Crippen LogP contribution >= 0.6 is 15.9 Å². The Morgan fingerprint density at radius 1 is 1.36 bits per heavy atom. The fourth-order valence-electron chi connectivity index (χ4n) is 0.996. The van der Waals surface area contributed by atoms with Gasteiger partial charge in [-0.3, -0.25) is 0 Å². The first-order valence-corrected chi connectivity index (χ1v) is 3.89. The van der Waals surface area contributed by atoms with E-state index in [1.165, 1.54) is 18.4 Å². The van der Waals surface area contributed by atoms with Gasteiger partial charge < -0.3 is 4.42 Å². The Morgan fingerprint density at radius 2 is 2.18 bits per heavy atom. The molecule has 0 saturated heterocycles. The first kappa shape index (κ1) is 6.85. The zero-order valence-electron chi connectivity index (χ0n) is 5.47. The molecule has 56 valence electrons. The average molecular weight is 215 g/mol. The van der Waals surface area contributed by atoms with Gasteiger partial charge in [-0.1, -0.05) is 0 Å². The predicted octanol–water partition coefficient (Wildman–Crippen LogP) is 3.33. The fourth-order valence-corrected chi connectivity index (χ4v) is 1.54. The van der Waals surface area contributed by atoms with Gasteiger partial charge >= 0.3 is 0 Å². The minimum absolute atomic E-state index is 0.292. The summed E-state index contributed by atoms with van der Waals surface area (Å²) in [6.45, 7) is 0. The van der Waals surface area contributed by atoms with Crippen LogP contribution in [-0.4, -0.2) is 0 Å². The van der Waals surface area contributed by atoms with Crippen LogP contribution in [0.2, 0.25) is 0 Å². The number of hydrogen-bond donors (Lipinski definition) is 0. The molecule has 0 aliphatic carbocycles. The van der Waals surface area contributed by atoms with E-state index < -0.39 is 0 Å². The second-order valence-electron chi connectivity index (χ2n) is 2.22. The largest absolute Gasteiger partial charge is 0.464 e. The quantitative estimate of drug-likeness (QED) is 0.656. The Morgan fingerprint density at radius 3 is 3.00 bits per heavy atom. The molecular weight excluding hydrogens is 211 g/mol. The summed E-state index contributed by atoms with van der Waals surface area (Å²) in [5.41, 5.74) is 0.567. The standard InChI is InChI=1S/C8H4BrFO/c9-7-3-5(10)4-8-6(7)1-2-11-8/h1-4H. The van der Waals surface area contributed by atoms with E-state index in [-0.39, 0.29) is 5.82 Å². The van der Waals surface area contributed by atoms with E-state index >= 15 is 0 Å². The molecule has 0 unspecified atom stereocenters. The highest BCUT2D eigenvalue weighted by atomic mass is 79.9. The molecule has 0 fully saturated rings. The maximum atomic E-state index is 12.7. The Kier molecular flexibility index (Phi) is 1.46. The Hall–Kier alpha value is -0.830. The molecule has 1 nitrogen and oxygen atoms in total. The van der Waals surface area contributed by atoms with Crippen molar-refractivity contribution in [3.05, 3.63) is 34.8 Å². The second kappa shape index (κ2) is 2.34. The first-order valence-electron chi connectivity index (χ1n) is 3.09. The molecule has 0 atom stereocenters. The average Bonchev–Trinajstić information content (AvgIpc) is 2.34. The van der Waals surface area contributed by atoms with E-state index in [9.17, 15) is 4.39 Å². The minimum Gasteiger partial charge on any atom is -0.464 e. The number of fused-ring (bicyclic) bond motifs is 1. The van der Waals surface area contributed by atoms with Crippen molar-refractivity contribution >= 4 is 26.9 Å². The Labute approximate surface area is 70.9 Å². The molecule has 0 aliphatic heterocycles. The molecule has 1 aromatic carbocycles. The number of furan rings is 1. The van der Waals surface area contributed by atoms with E-state index in [1.807, 2.05) is 0 Å². The molecule has 1 heterocycles. The van der Waals surface area contributed by atoms with Crippen molar-refractivity contribution in [3.8, 4) is 0 Å². The fraction of sp³-hybridized carbons (Fsp3) is 0. The number of benzene rings is 1. The summed E-state index contributed by atoms with van der Waals surface area (Å²) in [5.74, 6) is -0.292. The molecule has 0 amide bonds. The normalized spacial score (nSPS) is 10.7. The molecule has 0 aliphatic rings. The van der Waals surface area contributed by atoms with Crippen LogP contribution in [0.1, 0.15) is 0 Å². The maximum Gasteiger partial charge on any atom is 0.137 e. The van der Waals surface area contributed by atoms with Gasteiger partial charge in [0.1, 0.15) is 11.4 Å². The van der Waals surface area contributed by atoms with Crippen molar-refractivity contribution in [2.45, 2.75) is 0 Å². The predicted molar refractivity (Wildman–Crippen MR) is 43.9 cm³/mol. The highest BCUT2D eigenvalue weighted by molar-refractivity contribution is 9.10. The Bertz CT molecular complexity index is 394. The van der Waals surface area contributed by atoms with Crippen LogP contribution in [0.25, 0.3) is 11.0 Å². The summed E-state index contributed by atoms with van der Waals surface area (Å²) in [6, 6.07) is 4.57. The molecule has 3 heteroatoms. The van der Waals surface area contributed by atoms with Gasteiger partial charge in [-0.05, 0) is 28.1 Å². The van der Waals surface area contributed by atoms with Crippen molar-refractivity contribution in [2.75, 3.05) is 0 Å². The number of halogens is 2. The monoisotopic (exact) mass is 214 g/mol. The molecule has 0 N–H and O–H groups in total. The summed E-state index contributed by atoms with van der Waals surface area (Å²) in [4.78, 5) is 0. The van der Waals surface area contributed by atoms with Crippen molar-refractivity contribution in [1.29, 1.82) is 0 Å². The summed E-state index contributed by atoms with van der Waals surface area (Å²) >= 11 is 3.23. The molecule has 0 saturated carbocycles. The topological polar surface area (TPSA) is 13.1 Å². The number of hydrogen-bond acceptors (Lipinski definition) is 1. The smallest absolute Gasteiger partial charge is 0.137 e. The van der Waals surface area contributed by atoms with Crippen LogP contribution < -0.4 is 0 Å². The van der Waals surface area contributed by atoms with E-state index in [0.29, 0.717) is 5.58 Å². The molecule has 0 radical (unpaired) electrons. The van der Waals surface area contributed by atoms with Crippen molar-refractivity contribution in [3.63, 3.8) is 0 Å². The van der Waals surface area contributed by atoms with Crippen molar-refractivity contribution < 1.29 is 8.81 Å². The second-order valence-corrected chi connectivity index (χ2v) is 3.07. The molecule has 0 spiro atoms. The van der Waals surface area contributed by atoms with E-state index in [1.54, 1.807) is 6.07 Å². The van der Waals surface area contributed by atoms with Crippen molar-refractivity contribution in [2.24, 2.45) is 0 Å². The SMILES string of the molecule is Fc1cc(Br)c2ccoc2c1.